The molecule has 1 aliphatic carbocycles. The number of aromatic nitrogens is 3. The summed E-state index contributed by atoms with van der Waals surface area (Å²) in [5.41, 5.74) is 0.824. The predicted octanol–water partition coefficient (Wildman–Crippen LogP) is 2.15. The molecule has 0 aromatic carbocycles. The van der Waals surface area contributed by atoms with Crippen molar-refractivity contribution in [3.8, 4) is 11.5 Å². The molecule has 17 heavy (non-hydrogen) atoms. The van der Waals surface area contributed by atoms with Crippen LogP contribution in [0.3, 0.4) is 0 Å². The zero-order valence-corrected chi connectivity index (χ0v) is 10.6. The smallest absolute Gasteiger partial charge is 0.259 e. The van der Waals surface area contributed by atoms with E-state index < -0.39 is 0 Å². The lowest BCUT2D eigenvalue weighted by Gasteiger charge is -1.95. The Hall–Kier alpha value is -1.27. The van der Waals surface area contributed by atoms with E-state index in [-0.39, 0.29) is 0 Å². The van der Waals surface area contributed by atoms with Crippen molar-refractivity contribution in [2.45, 2.75) is 25.4 Å². The van der Waals surface area contributed by atoms with Crippen molar-refractivity contribution in [3.63, 3.8) is 0 Å². The molecule has 0 bridgehead atoms. The van der Waals surface area contributed by atoms with Gasteiger partial charge in [-0.3, -0.25) is 4.98 Å². The van der Waals surface area contributed by atoms with Gasteiger partial charge in [0.25, 0.3) is 5.89 Å². The van der Waals surface area contributed by atoms with Gasteiger partial charge in [-0.2, -0.15) is 4.98 Å². The van der Waals surface area contributed by atoms with Crippen LogP contribution >= 0.6 is 15.9 Å². The minimum atomic E-state index is 0.506. The Labute approximate surface area is 107 Å². The van der Waals surface area contributed by atoms with E-state index in [2.05, 4.69) is 36.4 Å². The summed E-state index contributed by atoms with van der Waals surface area (Å²) in [4.78, 5) is 8.38. The summed E-state index contributed by atoms with van der Waals surface area (Å²) >= 11 is 3.36. The number of hydrogen-bond acceptors (Lipinski definition) is 5. The van der Waals surface area contributed by atoms with E-state index in [0.717, 1.165) is 10.0 Å². The van der Waals surface area contributed by atoms with Gasteiger partial charge in [-0.15, -0.1) is 0 Å². The summed E-state index contributed by atoms with van der Waals surface area (Å²) in [6.07, 6.45) is 5.92. The van der Waals surface area contributed by atoms with Gasteiger partial charge >= 0.3 is 0 Å². The highest BCUT2D eigenvalue weighted by Crippen LogP contribution is 2.21. The SMILES string of the molecule is Brc1cncc(-c2nc(CNC3CC3)no2)c1. The molecular weight excluding hydrogens is 284 g/mol. The first-order valence-corrected chi connectivity index (χ1v) is 6.27. The van der Waals surface area contributed by atoms with Gasteiger partial charge in [0.15, 0.2) is 5.82 Å². The van der Waals surface area contributed by atoms with Crippen molar-refractivity contribution < 1.29 is 4.52 Å². The van der Waals surface area contributed by atoms with Crippen molar-refractivity contribution in [2.75, 3.05) is 0 Å². The van der Waals surface area contributed by atoms with Crippen LogP contribution in [0.25, 0.3) is 11.5 Å². The summed E-state index contributed by atoms with van der Waals surface area (Å²) < 4.78 is 6.09. The van der Waals surface area contributed by atoms with Crippen LogP contribution in [0.5, 0.6) is 0 Å². The van der Waals surface area contributed by atoms with Crippen LogP contribution in [0.2, 0.25) is 0 Å². The van der Waals surface area contributed by atoms with Crippen molar-refractivity contribution in [1.29, 1.82) is 0 Å². The zero-order valence-electron chi connectivity index (χ0n) is 9.06. The molecule has 88 valence electrons. The number of nitrogens with zero attached hydrogens (tertiary/aromatic N) is 3. The summed E-state index contributed by atoms with van der Waals surface area (Å²) in [6.45, 7) is 0.662. The minimum Gasteiger partial charge on any atom is -0.334 e. The van der Waals surface area contributed by atoms with E-state index >= 15 is 0 Å². The second kappa shape index (κ2) is 4.54. The van der Waals surface area contributed by atoms with Gasteiger partial charge in [0.05, 0.1) is 12.1 Å². The van der Waals surface area contributed by atoms with Crippen molar-refractivity contribution >= 4 is 15.9 Å². The lowest BCUT2D eigenvalue weighted by molar-refractivity contribution is 0.419. The third-order valence-electron chi connectivity index (χ3n) is 2.55. The maximum absolute atomic E-state index is 5.20. The molecular formula is C11H11BrN4O. The molecule has 2 heterocycles. The summed E-state index contributed by atoms with van der Waals surface area (Å²) in [5, 5.41) is 7.27. The molecule has 0 atom stereocenters. The van der Waals surface area contributed by atoms with Gasteiger partial charge in [0.1, 0.15) is 0 Å². The molecule has 0 unspecified atom stereocenters. The topological polar surface area (TPSA) is 63.8 Å². The second-order valence-corrected chi connectivity index (χ2v) is 4.98. The number of pyridine rings is 1. The largest absolute Gasteiger partial charge is 0.334 e. The molecule has 3 rings (SSSR count). The average molecular weight is 295 g/mol. The third kappa shape index (κ3) is 2.70. The molecule has 1 aliphatic rings. The van der Waals surface area contributed by atoms with Crippen molar-refractivity contribution in [3.05, 3.63) is 28.8 Å². The third-order valence-corrected chi connectivity index (χ3v) is 2.98. The summed E-state index contributed by atoms with van der Waals surface area (Å²) in [5.74, 6) is 1.19. The Kier molecular flexibility index (Phi) is 2.90. The van der Waals surface area contributed by atoms with Gasteiger partial charge in [-0.05, 0) is 34.8 Å². The number of rotatable bonds is 4. The van der Waals surface area contributed by atoms with Gasteiger partial charge in [-0.25, -0.2) is 0 Å². The second-order valence-electron chi connectivity index (χ2n) is 4.06. The van der Waals surface area contributed by atoms with Crippen LogP contribution in [0, 0.1) is 0 Å². The van der Waals surface area contributed by atoms with Gasteiger partial charge in [0, 0.05) is 22.9 Å². The first kappa shape index (κ1) is 10.9. The first-order chi connectivity index (χ1) is 8.31. The summed E-state index contributed by atoms with van der Waals surface area (Å²) in [7, 11) is 0. The highest BCUT2D eigenvalue weighted by molar-refractivity contribution is 9.10. The predicted molar refractivity (Wildman–Crippen MR) is 65.1 cm³/mol. The van der Waals surface area contributed by atoms with Crippen LogP contribution in [0.1, 0.15) is 18.7 Å². The molecule has 2 aromatic heterocycles. The Bertz CT molecular complexity index is 524. The molecule has 2 aromatic rings. The molecule has 1 fully saturated rings. The molecule has 0 aliphatic heterocycles. The quantitative estimate of drug-likeness (QED) is 0.936. The molecule has 1 saturated carbocycles. The fraction of sp³-hybridized carbons (Fsp3) is 0.364. The molecule has 5 nitrogen and oxygen atoms in total. The lowest BCUT2D eigenvalue weighted by Crippen LogP contribution is -2.16. The van der Waals surface area contributed by atoms with Gasteiger partial charge < -0.3 is 9.84 Å². The number of hydrogen-bond donors (Lipinski definition) is 1. The minimum absolute atomic E-state index is 0.506. The Morgan fingerprint density at radius 3 is 3.06 bits per heavy atom. The van der Waals surface area contributed by atoms with Crippen molar-refractivity contribution in [1.82, 2.24) is 20.4 Å². The van der Waals surface area contributed by atoms with Crippen LogP contribution in [0.4, 0.5) is 0 Å². The monoisotopic (exact) mass is 294 g/mol. The van der Waals surface area contributed by atoms with E-state index in [4.69, 9.17) is 4.52 Å². The van der Waals surface area contributed by atoms with E-state index in [1.807, 2.05) is 6.07 Å². The van der Waals surface area contributed by atoms with E-state index in [9.17, 15) is 0 Å². The van der Waals surface area contributed by atoms with Gasteiger partial charge in [0.2, 0.25) is 0 Å². The zero-order chi connectivity index (χ0) is 11.7. The van der Waals surface area contributed by atoms with E-state index in [1.165, 1.54) is 12.8 Å². The molecule has 6 heteroatoms. The highest BCUT2D eigenvalue weighted by atomic mass is 79.9. The highest BCUT2D eigenvalue weighted by Gasteiger charge is 2.21. The van der Waals surface area contributed by atoms with Crippen LogP contribution < -0.4 is 5.32 Å². The molecule has 0 spiro atoms. The maximum Gasteiger partial charge on any atom is 0.259 e. The molecule has 0 saturated heterocycles. The van der Waals surface area contributed by atoms with Crippen LogP contribution in [-0.4, -0.2) is 21.2 Å². The molecule has 0 amide bonds. The Morgan fingerprint density at radius 2 is 2.29 bits per heavy atom. The molecule has 1 N–H and O–H groups in total. The average Bonchev–Trinajstić information content (AvgIpc) is 3.04. The first-order valence-electron chi connectivity index (χ1n) is 5.48. The fourth-order valence-corrected chi connectivity index (χ4v) is 1.86. The standard InChI is InChI=1S/C11H11BrN4O/c12-8-3-7(4-13-5-8)11-15-10(16-17-11)6-14-9-1-2-9/h3-5,9,14H,1-2,6H2. The van der Waals surface area contributed by atoms with Crippen LogP contribution in [0.15, 0.2) is 27.5 Å². The fourth-order valence-electron chi connectivity index (χ4n) is 1.49. The number of nitrogens with one attached hydrogen (secondary N) is 1. The van der Waals surface area contributed by atoms with Crippen molar-refractivity contribution in [2.24, 2.45) is 0 Å². The normalized spacial score (nSPS) is 15.1. The van der Waals surface area contributed by atoms with E-state index in [1.54, 1.807) is 12.4 Å². The number of halogens is 1. The Balaban J connectivity index is 1.74. The van der Waals surface area contributed by atoms with Gasteiger partial charge in [-0.1, -0.05) is 5.16 Å². The molecule has 0 radical (unpaired) electrons. The maximum atomic E-state index is 5.20. The van der Waals surface area contributed by atoms with E-state index in [0.29, 0.717) is 24.3 Å². The Morgan fingerprint density at radius 1 is 1.41 bits per heavy atom. The summed E-state index contributed by atoms with van der Waals surface area (Å²) in [6, 6.07) is 2.54. The lowest BCUT2D eigenvalue weighted by atomic mass is 10.3. The van der Waals surface area contributed by atoms with Crippen LogP contribution in [-0.2, 0) is 6.54 Å².